The number of nitrogens with one attached hydrogen (secondary N) is 1. The normalized spacial score (nSPS) is 18.8. The molecule has 0 aliphatic carbocycles. The van der Waals surface area contributed by atoms with Crippen LogP contribution in [0.4, 0.5) is 0 Å². The summed E-state index contributed by atoms with van der Waals surface area (Å²) in [6.45, 7) is 9.24. The van der Waals surface area contributed by atoms with E-state index in [2.05, 4.69) is 33.0 Å². The monoisotopic (exact) mass is 171 g/mol. The van der Waals surface area contributed by atoms with Crippen molar-refractivity contribution in [2.45, 2.75) is 53.0 Å². The summed E-state index contributed by atoms with van der Waals surface area (Å²) < 4.78 is 0. The zero-order valence-corrected chi connectivity index (χ0v) is 9.35. The lowest BCUT2D eigenvalue weighted by Crippen LogP contribution is -2.24. The van der Waals surface area contributed by atoms with Crippen molar-refractivity contribution in [3.63, 3.8) is 0 Å². The smallest absolute Gasteiger partial charge is 0.00382 e. The molecule has 0 aliphatic heterocycles. The molecule has 1 N–H and O–H groups in total. The minimum Gasteiger partial charge on any atom is -0.317 e. The Morgan fingerprint density at radius 1 is 1.00 bits per heavy atom. The van der Waals surface area contributed by atoms with E-state index >= 15 is 0 Å². The Hall–Kier alpha value is -0.0400. The first-order valence-electron chi connectivity index (χ1n) is 5.27. The highest BCUT2D eigenvalue weighted by molar-refractivity contribution is 4.65. The lowest BCUT2D eigenvalue weighted by Gasteiger charge is -2.19. The van der Waals surface area contributed by atoms with Gasteiger partial charge in [-0.25, -0.2) is 0 Å². The minimum atomic E-state index is 0.670. The predicted molar refractivity (Wildman–Crippen MR) is 56.4 cm³/mol. The van der Waals surface area contributed by atoms with Crippen LogP contribution in [0.2, 0.25) is 0 Å². The van der Waals surface area contributed by atoms with Gasteiger partial charge in [-0.1, -0.05) is 27.2 Å². The summed E-state index contributed by atoms with van der Waals surface area (Å²) in [6.07, 6.45) is 4.00. The molecular weight excluding hydrogens is 146 g/mol. The highest BCUT2D eigenvalue weighted by atomic mass is 14.8. The van der Waals surface area contributed by atoms with E-state index < -0.39 is 0 Å². The van der Waals surface area contributed by atoms with Crippen LogP contribution < -0.4 is 5.32 Å². The second-order valence-electron chi connectivity index (χ2n) is 4.28. The summed E-state index contributed by atoms with van der Waals surface area (Å²) in [6, 6.07) is 0.670. The third-order valence-corrected chi connectivity index (χ3v) is 2.75. The highest BCUT2D eigenvalue weighted by Crippen LogP contribution is 2.18. The Morgan fingerprint density at radius 3 is 2.00 bits per heavy atom. The van der Waals surface area contributed by atoms with Crippen molar-refractivity contribution in [3.05, 3.63) is 0 Å². The molecule has 1 heteroatoms. The molecule has 3 atom stereocenters. The van der Waals surface area contributed by atoms with Gasteiger partial charge in [0.25, 0.3) is 0 Å². The molecule has 0 heterocycles. The molecule has 0 saturated carbocycles. The Bertz CT molecular complexity index is 89.2. The molecule has 0 fully saturated rings. The van der Waals surface area contributed by atoms with Gasteiger partial charge >= 0.3 is 0 Å². The quantitative estimate of drug-likeness (QED) is 0.647. The van der Waals surface area contributed by atoms with E-state index in [0.717, 1.165) is 11.8 Å². The molecule has 0 aromatic carbocycles. The fraction of sp³-hybridized carbons (Fsp3) is 1.00. The predicted octanol–water partition coefficient (Wildman–Crippen LogP) is 3.06. The average molecular weight is 171 g/mol. The molecule has 0 aliphatic rings. The van der Waals surface area contributed by atoms with Crippen LogP contribution in [-0.4, -0.2) is 13.1 Å². The lowest BCUT2D eigenvalue weighted by atomic mass is 9.91. The van der Waals surface area contributed by atoms with Crippen LogP contribution in [0.25, 0.3) is 0 Å². The van der Waals surface area contributed by atoms with Crippen LogP contribution in [0, 0.1) is 11.8 Å². The van der Waals surface area contributed by atoms with Crippen molar-refractivity contribution in [2.75, 3.05) is 7.05 Å². The van der Waals surface area contributed by atoms with Gasteiger partial charge in [-0.2, -0.15) is 0 Å². The Kier molecular flexibility index (Phi) is 6.45. The van der Waals surface area contributed by atoms with Crippen molar-refractivity contribution < 1.29 is 0 Å². The first kappa shape index (κ1) is 12.0. The van der Waals surface area contributed by atoms with E-state index in [-0.39, 0.29) is 0 Å². The van der Waals surface area contributed by atoms with Gasteiger partial charge in [0.15, 0.2) is 0 Å². The summed E-state index contributed by atoms with van der Waals surface area (Å²) in [5.41, 5.74) is 0. The molecule has 0 bridgehead atoms. The second kappa shape index (κ2) is 6.47. The summed E-state index contributed by atoms with van der Waals surface area (Å²) in [4.78, 5) is 0. The Labute approximate surface area is 77.9 Å². The molecule has 0 aromatic rings. The van der Waals surface area contributed by atoms with E-state index in [1.165, 1.54) is 19.3 Å². The van der Waals surface area contributed by atoms with E-state index in [9.17, 15) is 0 Å². The Balaban J connectivity index is 3.51. The first-order valence-corrected chi connectivity index (χ1v) is 5.27. The molecule has 0 saturated heterocycles. The third kappa shape index (κ3) is 5.59. The maximum Gasteiger partial charge on any atom is 0.00382 e. The van der Waals surface area contributed by atoms with Crippen molar-refractivity contribution in [1.29, 1.82) is 0 Å². The molecule has 12 heavy (non-hydrogen) atoms. The van der Waals surface area contributed by atoms with E-state index in [0.29, 0.717) is 6.04 Å². The number of rotatable bonds is 6. The second-order valence-corrected chi connectivity index (χ2v) is 4.28. The van der Waals surface area contributed by atoms with Crippen molar-refractivity contribution >= 4 is 0 Å². The lowest BCUT2D eigenvalue weighted by molar-refractivity contribution is 0.355. The first-order chi connectivity index (χ1) is 5.60. The standard InChI is InChI=1S/C11H25N/c1-6-9(2)7-10(3)8-11(4)12-5/h9-12H,6-8H2,1-5H3. The van der Waals surface area contributed by atoms with Crippen molar-refractivity contribution in [1.82, 2.24) is 5.32 Å². The molecule has 0 rings (SSSR count). The van der Waals surface area contributed by atoms with Gasteiger partial charge in [0.1, 0.15) is 0 Å². The van der Waals surface area contributed by atoms with E-state index in [1.54, 1.807) is 0 Å². The molecule has 0 spiro atoms. The molecule has 74 valence electrons. The van der Waals surface area contributed by atoms with Gasteiger partial charge < -0.3 is 5.32 Å². The van der Waals surface area contributed by atoms with Gasteiger partial charge in [-0.15, -0.1) is 0 Å². The van der Waals surface area contributed by atoms with Gasteiger partial charge in [0.05, 0.1) is 0 Å². The van der Waals surface area contributed by atoms with Gasteiger partial charge in [0.2, 0.25) is 0 Å². The molecule has 0 radical (unpaired) electrons. The van der Waals surface area contributed by atoms with Gasteiger partial charge in [0, 0.05) is 6.04 Å². The maximum absolute atomic E-state index is 3.29. The van der Waals surface area contributed by atoms with Crippen LogP contribution in [0.5, 0.6) is 0 Å². The molecule has 1 nitrogen and oxygen atoms in total. The molecular formula is C11H25N. The zero-order chi connectivity index (χ0) is 9.56. The summed E-state index contributed by atoms with van der Waals surface area (Å²) in [5, 5.41) is 3.29. The summed E-state index contributed by atoms with van der Waals surface area (Å²) in [7, 11) is 2.04. The Morgan fingerprint density at radius 2 is 1.58 bits per heavy atom. The SMILES string of the molecule is CCC(C)CC(C)CC(C)NC. The fourth-order valence-corrected chi connectivity index (χ4v) is 1.67. The minimum absolute atomic E-state index is 0.670. The van der Waals surface area contributed by atoms with Crippen LogP contribution >= 0.6 is 0 Å². The molecule has 3 unspecified atom stereocenters. The number of hydrogen-bond acceptors (Lipinski definition) is 1. The van der Waals surface area contributed by atoms with Crippen molar-refractivity contribution in [2.24, 2.45) is 11.8 Å². The van der Waals surface area contributed by atoms with Crippen LogP contribution in [-0.2, 0) is 0 Å². The summed E-state index contributed by atoms with van der Waals surface area (Å²) in [5.74, 6) is 1.76. The van der Waals surface area contributed by atoms with Gasteiger partial charge in [-0.05, 0) is 38.6 Å². The van der Waals surface area contributed by atoms with Crippen LogP contribution in [0.3, 0.4) is 0 Å². The molecule has 0 amide bonds. The fourth-order valence-electron chi connectivity index (χ4n) is 1.67. The van der Waals surface area contributed by atoms with Gasteiger partial charge in [-0.3, -0.25) is 0 Å². The van der Waals surface area contributed by atoms with E-state index in [1.807, 2.05) is 7.05 Å². The highest BCUT2D eigenvalue weighted by Gasteiger charge is 2.09. The zero-order valence-electron chi connectivity index (χ0n) is 9.35. The van der Waals surface area contributed by atoms with E-state index in [4.69, 9.17) is 0 Å². The topological polar surface area (TPSA) is 12.0 Å². The third-order valence-electron chi connectivity index (χ3n) is 2.75. The van der Waals surface area contributed by atoms with Crippen LogP contribution in [0.15, 0.2) is 0 Å². The molecule has 0 aromatic heterocycles. The van der Waals surface area contributed by atoms with Crippen LogP contribution in [0.1, 0.15) is 47.0 Å². The van der Waals surface area contributed by atoms with Crippen molar-refractivity contribution in [3.8, 4) is 0 Å². The summed E-state index contributed by atoms with van der Waals surface area (Å²) >= 11 is 0. The average Bonchev–Trinajstić information content (AvgIpc) is 2.03. The number of hydrogen-bond donors (Lipinski definition) is 1. The largest absolute Gasteiger partial charge is 0.317 e. The maximum atomic E-state index is 3.29.